The van der Waals surface area contributed by atoms with E-state index < -0.39 is 17.7 Å². The van der Waals surface area contributed by atoms with Gasteiger partial charge in [0.1, 0.15) is 5.52 Å². The number of carbonyl (C=O) groups excluding carboxylic acids is 1. The summed E-state index contributed by atoms with van der Waals surface area (Å²) in [7, 11) is 0. The molecule has 0 spiro atoms. The average Bonchev–Trinajstić information content (AvgIpc) is 3.19. The second kappa shape index (κ2) is 7.91. The number of aromatic amines is 1. The van der Waals surface area contributed by atoms with Gasteiger partial charge in [0, 0.05) is 6.42 Å². The van der Waals surface area contributed by atoms with Gasteiger partial charge in [0.25, 0.3) is 5.91 Å². The molecule has 0 radical (unpaired) electrons. The molecule has 0 aliphatic heterocycles. The van der Waals surface area contributed by atoms with E-state index in [1.54, 1.807) is 6.07 Å². The summed E-state index contributed by atoms with van der Waals surface area (Å²) < 4.78 is 27.8. The van der Waals surface area contributed by atoms with Gasteiger partial charge < -0.3 is 15.4 Å². The Hall–Kier alpha value is -2.80. The lowest BCUT2D eigenvalue weighted by molar-refractivity contribution is 0.0718. The van der Waals surface area contributed by atoms with E-state index in [9.17, 15) is 18.7 Å². The number of aryl methyl sites for hydroxylation is 1. The average molecular weight is 399 g/mol. The Morgan fingerprint density at radius 2 is 2.07 bits per heavy atom. The fraction of sp³-hybridized carbons (Fsp3) is 0.364. The molecule has 1 aliphatic carbocycles. The zero-order chi connectivity index (χ0) is 20.5. The number of fused-ring (bicyclic) bond motifs is 1. The molecule has 1 aromatic heterocycles. The van der Waals surface area contributed by atoms with E-state index in [0.29, 0.717) is 28.6 Å². The summed E-state index contributed by atoms with van der Waals surface area (Å²) in [6.07, 6.45) is 4.40. The number of rotatable bonds is 4. The number of aliphatic hydroxyl groups excluding tert-OH is 1. The van der Waals surface area contributed by atoms with Gasteiger partial charge in [0.05, 0.1) is 29.6 Å². The summed E-state index contributed by atoms with van der Waals surface area (Å²) in [4.78, 5) is 20.3. The van der Waals surface area contributed by atoms with Crippen molar-refractivity contribution < 1.29 is 18.7 Å². The van der Waals surface area contributed by atoms with Crippen molar-refractivity contribution in [2.75, 3.05) is 0 Å². The Bertz CT molecular complexity index is 1060. The largest absolute Gasteiger partial charge is 0.391 e. The number of amides is 1. The van der Waals surface area contributed by atoms with Crippen molar-refractivity contribution in [3.05, 3.63) is 64.5 Å². The second-order valence-electron chi connectivity index (χ2n) is 7.66. The predicted octanol–water partition coefficient (Wildman–Crippen LogP) is 3.77. The van der Waals surface area contributed by atoms with Crippen molar-refractivity contribution in [1.82, 2.24) is 15.3 Å². The molecule has 29 heavy (non-hydrogen) atoms. The lowest BCUT2D eigenvalue weighted by atomic mass is 9.92. The van der Waals surface area contributed by atoms with Crippen molar-refractivity contribution in [2.24, 2.45) is 0 Å². The minimum Gasteiger partial charge on any atom is -0.391 e. The van der Waals surface area contributed by atoms with Crippen LogP contribution in [0, 0.1) is 18.6 Å². The maximum atomic E-state index is 14.2. The number of nitrogens with one attached hydrogen (secondary N) is 2. The molecule has 152 valence electrons. The molecule has 0 bridgehead atoms. The Labute approximate surface area is 167 Å². The normalized spacial score (nSPS) is 19.4. The first-order valence-corrected chi connectivity index (χ1v) is 9.83. The predicted molar refractivity (Wildman–Crippen MR) is 106 cm³/mol. The molecule has 1 amide bonds. The number of H-pyrrole nitrogens is 1. The van der Waals surface area contributed by atoms with Crippen LogP contribution in [0.15, 0.2) is 30.6 Å². The summed E-state index contributed by atoms with van der Waals surface area (Å²) in [5.41, 5.74) is 3.33. The smallest absolute Gasteiger partial charge is 0.253 e. The molecule has 7 heteroatoms. The molecular weight excluding hydrogens is 376 g/mol. The topological polar surface area (TPSA) is 78.0 Å². The third-order valence-corrected chi connectivity index (χ3v) is 5.77. The molecule has 5 nitrogen and oxygen atoms in total. The number of halogens is 2. The SMILES string of the molecule is Cc1c(Cc2cccc(F)c2F)cc(C(=O)N[C@@H]2CCCC[C@H]2O)c2nc[nH]c12. The van der Waals surface area contributed by atoms with E-state index in [2.05, 4.69) is 15.3 Å². The molecule has 4 rings (SSSR count). The lowest BCUT2D eigenvalue weighted by Crippen LogP contribution is -2.45. The maximum Gasteiger partial charge on any atom is 0.253 e. The summed E-state index contributed by atoms with van der Waals surface area (Å²) >= 11 is 0. The van der Waals surface area contributed by atoms with Crippen molar-refractivity contribution in [1.29, 1.82) is 0 Å². The van der Waals surface area contributed by atoms with Gasteiger partial charge in [-0.25, -0.2) is 13.8 Å². The van der Waals surface area contributed by atoms with Crippen molar-refractivity contribution in [3.63, 3.8) is 0 Å². The molecule has 2 atom stereocenters. The van der Waals surface area contributed by atoms with Gasteiger partial charge in [0.2, 0.25) is 0 Å². The van der Waals surface area contributed by atoms with Crippen LogP contribution in [0.4, 0.5) is 8.78 Å². The number of hydrogen-bond donors (Lipinski definition) is 3. The highest BCUT2D eigenvalue weighted by Gasteiger charge is 2.26. The zero-order valence-electron chi connectivity index (χ0n) is 16.1. The van der Waals surface area contributed by atoms with Crippen LogP contribution in [0.1, 0.15) is 52.7 Å². The maximum absolute atomic E-state index is 14.2. The van der Waals surface area contributed by atoms with Gasteiger partial charge in [-0.3, -0.25) is 4.79 Å². The summed E-state index contributed by atoms with van der Waals surface area (Å²) in [5.74, 6) is -2.10. The third kappa shape index (κ3) is 3.74. The summed E-state index contributed by atoms with van der Waals surface area (Å²) in [6, 6.07) is 5.48. The number of imidazole rings is 1. The highest BCUT2D eigenvalue weighted by molar-refractivity contribution is 6.06. The summed E-state index contributed by atoms with van der Waals surface area (Å²) in [5, 5.41) is 13.1. The number of benzene rings is 2. The molecule has 1 saturated carbocycles. The van der Waals surface area contributed by atoms with Crippen molar-refractivity contribution in [2.45, 2.75) is 51.2 Å². The molecule has 0 saturated heterocycles. The monoisotopic (exact) mass is 399 g/mol. The first-order chi connectivity index (χ1) is 14.0. The van der Waals surface area contributed by atoms with Crippen molar-refractivity contribution >= 4 is 16.9 Å². The second-order valence-corrected chi connectivity index (χ2v) is 7.66. The van der Waals surface area contributed by atoms with E-state index in [4.69, 9.17) is 0 Å². The van der Waals surface area contributed by atoms with Gasteiger partial charge in [-0.1, -0.05) is 25.0 Å². The Morgan fingerprint density at radius 3 is 2.86 bits per heavy atom. The van der Waals surface area contributed by atoms with Crippen LogP contribution >= 0.6 is 0 Å². The van der Waals surface area contributed by atoms with Crippen LogP contribution in [0.3, 0.4) is 0 Å². The van der Waals surface area contributed by atoms with Crippen LogP contribution in [0.5, 0.6) is 0 Å². The first kappa shape index (κ1) is 19.5. The molecule has 3 N–H and O–H groups in total. The molecule has 1 heterocycles. The standard InChI is InChI=1S/C22H23F2N3O2/c1-12-14(9-13-5-4-6-16(23)19(13)24)10-15(21-20(12)25-11-26-21)22(29)27-17-7-2-3-8-18(17)28/h4-6,10-11,17-18,28H,2-3,7-9H2,1H3,(H,25,26)(H,27,29)/t17-,18-/m1/s1. The number of hydrogen-bond acceptors (Lipinski definition) is 3. The number of carbonyl (C=O) groups is 1. The zero-order valence-corrected chi connectivity index (χ0v) is 16.1. The van der Waals surface area contributed by atoms with E-state index >= 15 is 0 Å². The number of aromatic nitrogens is 2. The molecular formula is C22H23F2N3O2. The minimum atomic E-state index is -0.896. The third-order valence-electron chi connectivity index (χ3n) is 5.77. The van der Waals surface area contributed by atoms with Gasteiger partial charge >= 0.3 is 0 Å². The molecule has 3 aromatic rings. The minimum absolute atomic E-state index is 0.150. The Balaban J connectivity index is 1.70. The van der Waals surface area contributed by atoms with Gasteiger partial charge in [-0.05, 0) is 48.6 Å². The highest BCUT2D eigenvalue weighted by Crippen LogP contribution is 2.27. The fourth-order valence-corrected chi connectivity index (χ4v) is 4.07. The molecule has 1 aliphatic rings. The fourth-order valence-electron chi connectivity index (χ4n) is 4.07. The van der Waals surface area contributed by atoms with Gasteiger partial charge in [0.15, 0.2) is 11.6 Å². The first-order valence-electron chi connectivity index (χ1n) is 9.83. The highest BCUT2D eigenvalue weighted by atomic mass is 19.2. The Morgan fingerprint density at radius 1 is 1.28 bits per heavy atom. The summed E-state index contributed by atoms with van der Waals surface area (Å²) in [6.45, 7) is 1.86. The van der Waals surface area contributed by atoms with Crippen LogP contribution < -0.4 is 5.32 Å². The molecule has 1 fully saturated rings. The van der Waals surface area contributed by atoms with E-state index in [-0.39, 0.29) is 23.9 Å². The van der Waals surface area contributed by atoms with E-state index in [0.717, 1.165) is 30.9 Å². The Kier molecular flexibility index (Phi) is 5.32. The van der Waals surface area contributed by atoms with Crippen LogP contribution in [0.25, 0.3) is 11.0 Å². The van der Waals surface area contributed by atoms with Gasteiger partial charge in [-0.2, -0.15) is 0 Å². The molecule has 2 aromatic carbocycles. The number of nitrogens with zero attached hydrogens (tertiary/aromatic N) is 1. The van der Waals surface area contributed by atoms with Crippen LogP contribution in [-0.2, 0) is 6.42 Å². The lowest BCUT2D eigenvalue weighted by Gasteiger charge is -2.28. The van der Waals surface area contributed by atoms with Gasteiger partial charge in [-0.15, -0.1) is 0 Å². The van der Waals surface area contributed by atoms with Crippen LogP contribution in [0.2, 0.25) is 0 Å². The quantitative estimate of drug-likeness (QED) is 0.625. The van der Waals surface area contributed by atoms with Crippen LogP contribution in [-0.4, -0.2) is 33.1 Å². The van der Waals surface area contributed by atoms with Crippen molar-refractivity contribution in [3.8, 4) is 0 Å². The molecule has 0 unspecified atom stereocenters. The number of aliphatic hydroxyl groups is 1. The van der Waals surface area contributed by atoms with E-state index in [1.807, 2.05) is 6.92 Å². The van der Waals surface area contributed by atoms with E-state index in [1.165, 1.54) is 18.5 Å².